The molecule has 0 atom stereocenters. The van der Waals surface area contributed by atoms with Crippen LogP contribution in [-0.2, 0) is 15.0 Å². The molecule has 0 spiro atoms. The first-order valence-electron chi connectivity index (χ1n) is 11.1. The highest BCUT2D eigenvalue weighted by molar-refractivity contribution is 5.89. The Morgan fingerprint density at radius 2 is 1.55 bits per heavy atom. The summed E-state index contributed by atoms with van der Waals surface area (Å²) < 4.78 is 13.7. The van der Waals surface area contributed by atoms with Gasteiger partial charge in [-0.05, 0) is 43.4 Å². The van der Waals surface area contributed by atoms with E-state index in [9.17, 15) is 14.0 Å². The Morgan fingerprint density at radius 3 is 2.14 bits per heavy atom. The molecule has 4 rings (SSSR count). The molecule has 2 amide bonds. The summed E-state index contributed by atoms with van der Waals surface area (Å²) in [5.41, 5.74) is 0.263. The van der Waals surface area contributed by atoms with Crippen molar-refractivity contribution in [1.82, 2.24) is 14.7 Å². The van der Waals surface area contributed by atoms with Gasteiger partial charge in [-0.25, -0.2) is 4.39 Å². The van der Waals surface area contributed by atoms with Crippen molar-refractivity contribution in [1.29, 1.82) is 0 Å². The number of halogens is 1. The normalized spacial score (nSPS) is 22.7. The quantitative estimate of drug-likeness (QED) is 0.779. The molecule has 0 unspecified atom stereocenters. The maximum atomic E-state index is 13.7. The highest BCUT2D eigenvalue weighted by Crippen LogP contribution is 2.45. The lowest BCUT2D eigenvalue weighted by atomic mass is 9.63. The van der Waals surface area contributed by atoms with Gasteiger partial charge in [-0.15, -0.1) is 0 Å². The van der Waals surface area contributed by atoms with Crippen molar-refractivity contribution in [2.24, 2.45) is 0 Å². The first-order chi connectivity index (χ1) is 14.1. The Hall–Kier alpha value is -1.95. The van der Waals surface area contributed by atoms with E-state index in [0.29, 0.717) is 19.6 Å². The molecular weight excluding hydrogens is 369 g/mol. The molecule has 1 aromatic rings. The number of amides is 2. The van der Waals surface area contributed by atoms with Crippen molar-refractivity contribution >= 4 is 11.8 Å². The molecule has 2 heterocycles. The Balaban J connectivity index is 1.33. The number of carbonyl (C=O) groups excluding carboxylic acids is 2. The van der Waals surface area contributed by atoms with E-state index in [1.54, 1.807) is 6.07 Å². The Kier molecular flexibility index (Phi) is 6.18. The molecule has 1 saturated carbocycles. The fourth-order valence-electron chi connectivity index (χ4n) is 4.97. The molecule has 1 aliphatic carbocycles. The standard InChI is InChI=1S/C23H32FN3O2/c24-20-8-5-7-19(17-20)23(9-6-10-23)22(29)27-15-13-25(14-16-27)18-21(28)26-11-3-1-2-4-12-26/h5,7-8,17H,1-4,6,9-16,18H2. The van der Waals surface area contributed by atoms with Crippen LogP contribution < -0.4 is 0 Å². The number of carbonyl (C=O) groups is 2. The van der Waals surface area contributed by atoms with Crippen molar-refractivity contribution in [3.63, 3.8) is 0 Å². The summed E-state index contributed by atoms with van der Waals surface area (Å²) in [5, 5.41) is 0. The Labute approximate surface area is 172 Å². The molecule has 0 bridgehead atoms. The summed E-state index contributed by atoms with van der Waals surface area (Å²) in [6, 6.07) is 6.54. The third-order valence-electron chi connectivity index (χ3n) is 6.97. The van der Waals surface area contributed by atoms with Crippen molar-refractivity contribution in [3.05, 3.63) is 35.6 Å². The minimum atomic E-state index is -0.549. The highest BCUT2D eigenvalue weighted by atomic mass is 19.1. The maximum absolute atomic E-state index is 13.7. The monoisotopic (exact) mass is 401 g/mol. The van der Waals surface area contributed by atoms with E-state index in [4.69, 9.17) is 0 Å². The van der Waals surface area contributed by atoms with Gasteiger partial charge in [0.2, 0.25) is 11.8 Å². The van der Waals surface area contributed by atoms with Gasteiger partial charge in [0.15, 0.2) is 0 Å². The van der Waals surface area contributed by atoms with Crippen LogP contribution in [-0.4, -0.2) is 72.3 Å². The SMILES string of the molecule is O=C(CN1CCN(C(=O)C2(c3cccc(F)c3)CCC2)CC1)N1CCCCCC1. The van der Waals surface area contributed by atoms with E-state index in [-0.39, 0.29) is 17.6 Å². The van der Waals surface area contributed by atoms with Crippen molar-refractivity contribution < 1.29 is 14.0 Å². The zero-order chi connectivity index (χ0) is 20.3. The molecule has 3 aliphatic rings. The van der Waals surface area contributed by atoms with Gasteiger partial charge in [-0.3, -0.25) is 14.5 Å². The summed E-state index contributed by atoms with van der Waals surface area (Å²) in [4.78, 5) is 32.1. The van der Waals surface area contributed by atoms with Crippen LogP contribution in [0.4, 0.5) is 4.39 Å². The van der Waals surface area contributed by atoms with Gasteiger partial charge in [0.25, 0.3) is 0 Å². The zero-order valence-corrected chi connectivity index (χ0v) is 17.2. The number of piperazine rings is 1. The van der Waals surface area contributed by atoms with Gasteiger partial charge in [-0.2, -0.15) is 0 Å². The number of rotatable bonds is 4. The van der Waals surface area contributed by atoms with E-state index >= 15 is 0 Å². The van der Waals surface area contributed by atoms with E-state index in [1.165, 1.54) is 25.0 Å². The molecule has 29 heavy (non-hydrogen) atoms. The van der Waals surface area contributed by atoms with E-state index in [1.807, 2.05) is 15.9 Å². The first-order valence-corrected chi connectivity index (χ1v) is 11.1. The van der Waals surface area contributed by atoms with Crippen molar-refractivity contribution in [3.8, 4) is 0 Å². The molecule has 0 aromatic heterocycles. The van der Waals surface area contributed by atoms with Crippen LogP contribution in [0.1, 0.15) is 50.5 Å². The van der Waals surface area contributed by atoms with Gasteiger partial charge < -0.3 is 9.80 Å². The van der Waals surface area contributed by atoms with Crippen LogP contribution in [0, 0.1) is 5.82 Å². The molecule has 1 aromatic carbocycles. The maximum Gasteiger partial charge on any atom is 0.236 e. The molecular formula is C23H32FN3O2. The fraction of sp³-hybridized carbons (Fsp3) is 0.652. The third kappa shape index (κ3) is 4.32. The predicted octanol–water partition coefficient (Wildman–Crippen LogP) is 2.79. The molecule has 5 nitrogen and oxygen atoms in total. The largest absolute Gasteiger partial charge is 0.342 e. The van der Waals surface area contributed by atoms with Crippen LogP contribution >= 0.6 is 0 Å². The van der Waals surface area contributed by atoms with E-state index in [2.05, 4.69) is 4.90 Å². The van der Waals surface area contributed by atoms with Gasteiger partial charge in [-0.1, -0.05) is 31.4 Å². The molecule has 158 valence electrons. The van der Waals surface area contributed by atoms with E-state index in [0.717, 1.165) is 63.8 Å². The average Bonchev–Trinajstić information content (AvgIpc) is 2.97. The second-order valence-corrected chi connectivity index (χ2v) is 8.81. The number of likely N-dealkylation sites (tertiary alicyclic amines) is 1. The molecule has 0 N–H and O–H groups in total. The number of benzene rings is 1. The van der Waals surface area contributed by atoms with Crippen molar-refractivity contribution in [2.75, 3.05) is 45.8 Å². The van der Waals surface area contributed by atoms with Gasteiger partial charge >= 0.3 is 0 Å². The lowest BCUT2D eigenvalue weighted by Gasteiger charge is -2.46. The second-order valence-electron chi connectivity index (χ2n) is 8.81. The highest BCUT2D eigenvalue weighted by Gasteiger charge is 2.48. The van der Waals surface area contributed by atoms with Gasteiger partial charge in [0, 0.05) is 39.3 Å². The lowest BCUT2D eigenvalue weighted by Crippen LogP contribution is -2.57. The third-order valence-corrected chi connectivity index (χ3v) is 6.97. The summed E-state index contributed by atoms with van der Waals surface area (Å²) in [7, 11) is 0. The van der Waals surface area contributed by atoms with Crippen LogP contribution in [0.3, 0.4) is 0 Å². The summed E-state index contributed by atoms with van der Waals surface area (Å²) in [5.74, 6) is 0.0770. The minimum absolute atomic E-state index is 0.132. The summed E-state index contributed by atoms with van der Waals surface area (Å²) >= 11 is 0. The van der Waals surface area contributed by atoms with Gasteiger partial charge in [0.1, 0.15) is 5.82 Å². The number of hydrogen-bond acceptors (Lipinski definition) is 3. The fourth-order valence-corrected chi connectivity index (χ4v) is 4.97. The molecule has 3 fully saturated rings. The molecule has 6 heteroatoms. The molecule has 2 aliphatic heterocycles. The summed E-state index contributed by atoms with van der Waals surface area (Å²) in [6.45, 7) is 4.96. The first kappa shape index (κ1) is 20.3. The average molecular weight is 402 g/mol. The summed E-state index contributed by atoms with van der Waals surface area (Å²) in [6.07, 6.45) is 7.25. The van der Waals surface area contributed by atoms with Crippen LogP contribution in [0.25, 0.3) is 0 Å². The van der Waals surface area contributed by atoms with Crippen molar-refractivity contribution in [2.45, 2.75) is 50.4 Å². The number of nitrogens with zero attached hydrogens (tertiary/aromatic N) is 3. The second kappa shape index (κ2) is 8.82. The van der Waals surface area contributed by atoms with E-state index < -0.39 is 5.41 Å². The zero-order valence-electron chi connectivity index (χ0n) is 17.2. The smallest absolute Gasteiger partial charge is 0.236 e. The number of hydrogen-bond donors (Lipinski definition) is 0. The molecule has 2 saturated heterocycles. The van der Waals surface area contributed by atoms with Crippen LogP contribution in [0.15, 0.2) is 24.3 Å². The van der Waals surface area contributed by atoms with Crippen LogP contribution in [0.5, 0.6) is 0 Å². The topological polar surface area (TPSA) is 43.9 Å². The van der Waals surface area contributed by atoms with Gasteiger partial charge in [0.05, 0.1) is 12.0 Å². The molecule has 0 radical (unpaired) electrons. The lowest BCUT2D eigenvalue weighted by molar-refractivity contribution is -0.143. The Bertz CT molecular complexity index is 733. The minimum Gasteiger partial charge on any atom is -0.342 e. The predicted molar refractivity (Wildman–Crippen MR) is 110 cm³/mol. The van der Waals surface area contributed by atoms with Crippen LogP contribution in [0.2, 0.25) is 0 Å². The Morgan fingerprint density at radius 1 is 0.862 bits per heavy atom.